The number of hydrogen-bond donors (Lipinski definition) is 2. The molecule has 0 aliphatic carbocycles. The van der Waals surface area contributed by atoms with Gasteiger partial charge in [0.05, 0.1) is 12.2 Å². The van der Waals surface area contributed by atoms with E-state index < -0.39 is 0 Å². The minimum absolute atomic E-state index is 0.0790. The highest BCUT2D eigenvalue weighted by molar-refractivity contribution is 5.94. The molecule has 0 spiro atoms. The molecule has 1 amide bonds. The summed E-state index contributed by atoms with van der Waals surface area (Å²) in [5.74, 6) is -0.0790. The minimum Gasteiger partial charge on any atom is -0.361 e. The zero-order valence-electron chi connectivity index (χ0n) is 14.2. The SMILES string of the molecule is O=C(NCCn1cc(Cc2c[nH]c3ccccc23)nn1)c1ccccc1. The third-order valence-corrected chi connectivity index (χ3v) is 4.30. The number of amides is 1. The van der Waals surface area contributed by atoms with Gasteiger partial charge in [-0.15, -0.1) is 5.10 Å². The van der Waals surface area contributed by atoms with Gasteiger partial charge in [0.2, 0.25) is 0 Å². The van der Waals surface area contributed by atoms with Gasteiger partial charge in [-0.25, -0.2) is 0 Å². The van der Waals surface area contributed by atoms with Crippen LogP contribution in [0.4, 0.5) is 0 Å². The first-order valence-electron chi connectivity index (χ1n) is 8.57. The minimum atomic E-state index is -0.0790. The Morgan fingerprint density at radius 2 is 1.88 bits per heavy atom. The van der Waals surface area contributed by atoms with Crippen LogP contribution < -0.4 is 5.32 Å². The van der Waals surface area contributed by atoms with Crippen molar-refractivity contribution in [1.29, 1.82) is 0 Å². The maximum Gasteiger partial charge on any atom is 0.251 e. The van der Waals surface area contributed by atoms with Gasteiger partial charge >= 0.3 is 0 Å². The fourth-order valence-corrected chi connectivity index (χ4v) is 2.98. The second-order valence-corrected chi connectivity index (χ2v) is 6.13. The predicted molar refractivity (Wildman–Crippen MR) is 99.9 cm³/mol. The molecule has 0 fully saturated rings. The summed E-state index contributed by atoms with van der Waals surface area (Å²) in [5.41, 5.74) is 3.89. The van der Waals surface area contributed by atoms with Gasteiger partial charge in [-0.3, -0.25) is 9.48 Å². The number of H-pyrrole nitrogens is 1. The van der Waals surface area contributed by atoms with Gasteiger partial charge in [-0.2, -0.15) is 0 Å². The third kappa shape index (κ3) is 3.49. The van der Waals surface area contributed by atoms with Crippen LogP contribution in [0, 0.1) is 0 Å². The molecule has 26 heavy (non-hydrogen) atoms. The van der Waals surface area contributed by atoms with Crippen molar-refractivity contribution < 1.29 is 4.79 Å². The van der Waals surface area contributed by atoms with E-state index >= 15 is 0 Å². The van der Waals surface area contributed by atoms with Gasteiger partial charge in [-0.1, -0.05) is 41.6 Å². The Balaban J connectivity index is 1.34. The van der Waals surface area contributed by atoms with E-state index in [0.29, 0.717) is 18.7 Å². The van der Waals surface area contributed by atoms with Gasteiger partial charge < -0.3 is 10.3 Å². The maximum atomic E-state index is 12.0. The van der Waals surface area contributed by atoms with Crippen molar-refractivity contribution in [2.75, 3.05) is 6.54 Å². The monoisotopic (exact) mass is 345 g/mol. The molecule has 4 aromatic rings. The molecule has 0 bridgehead atoms. The molecule has 0 aliphatic rings. The first-order chi connectivity index (χ1) is 12.8. The highest BCUT2D eigenvalue weighted by Crippen LogP contribution is 2.19. The molecular weight excluding hydrogens is 326 g/mol. The van der Waals surface area contributed by atoms with Crippen molar-refractivity contribution in [3.05, 3.63) is 83.8 Å². The summed E-state index contributed by atoms with van der Waals surface area (Å²) in [6, 6.07) is 17.4. The Hall–Kier alpha value is -3.41. The molecule has 2 aromatic heterocycles. The quantitative estimate of drug-likeness (QED) is 0.564. The normalized spacial score (nSPS) is 10.9. The summed E-state index contributed by atoms with van der Waals surface area (Å²) in [4.78, 5) is 15.3. The smallest absolute Gasteiger partial charge is 0.251 e. The number of para-hydroxylation sites is 1. The lowest BCUT2D eigenvalue weighted by Gasteiger charge is -2.04. The van der Waals surface area contributed by atoms with Gasteiger partial charge in [-0.05, 0) is 23.8 Å². The lowest BCUT2D eigenvalue weighted by Crippen LogP contribution is -2.27. The first-order valence-corrected chi connectivity index (χ1v) is 8.57. The largest absolute Gasteiger partial charge is 0.361 e. The van der Waals surface area contributed by atoms with Crippen LogP contribution in [0.15, 0.2) is 67.0 Å². The standard InChI is InChI=1S/C20H19N5O/c26-20(15-6-2-1-3-7-15)21-10-11-25-14-17(23-24-25)12-16-13-22-19-9-5-4-8-18(16)19/h1-9,13-14,22H,10-12H2,(H,21,26). The Morgan fingerprint density at radius 1 is 1.08 bits per heavy atom. The average molecular weight is 345 g/mol. The molecule has 2 heterocycles. The number of rotatable bonds is 6. The van der Waals surface area contributed by atoms with E-state index in [1.54, 1.807) is 16.8 Å². The maximum absolute atomic E-state index is 12.0. The summed E-state index contributed by atoms with van der Waals surface area (Å²) in [5, 5.41) is 12.5. The van der Waals surface area contributed by atoms with Crippen LogP contribution in [0.1, 0.15) is 21.6 Å². The second kappa shape index (κ2) is 7.23. The third-order valence-electron chi connectivity index (χ3n) is 4.30. The number of hydrogen-bond acceptors (Lipinski definition) is 3. The molecule has 6 nitrogen and oxygen atoms in total. The second-order valence-electron chi connectivity index (χ2n) is 6.13. The summed E-state index contributed by atoms with van der Waals surface area (Å²) >= 11 is 0. The lowest BCUT2D eigenvalue weighted by atomic mass is 10.1. The Labute approximate surface area is 150 Å². The molecule has 0 atom stereocenters. The van der Waals surface area contributed by atoms with Crippen molar-refractivity contribution in [3.8, 4) is 0 Å². The molecule has 0 aliphatic heterocycles. The van der Waals surface area contributed by atoms with E-state index in [-0.39, 0.29) is 5.91 Å². The molecule has 0 saturated heterocycles. The van der Waals surface area contributed by atoms with Crippen LogP contribution in [0.25, 0.3) is 10.9 Å². The van der Waals surface area contributed by atoms with Crippen LogP contribution in [0.3, 0.4) is 0 Å². The summed E-state index contributed by atoms with van der Waals surface area (Å²) < 4.78 is 1.76. The van der Waals surface area contributed by atoms with Gasteiger partial charge in [0, 0.05) is 41.8 Å². The van der Waals surface area contributed by atoms with E-state index in [9.17, 15) is 4.79 Å². The van der Waals surface area contributed by atoms with Crippen LogP contribution in [-0.4, -0.2) is 32.4 Å². The number of carbonyl (C=O) groups excluding carboxylic acids is 1. The van der Waals surface area contributed by atoms with Gasteiger partial charge in [0.15, 0.2) is 0 Å². The molecule has 130 valence electrons. The molecular formula is C20H19N5O. The molecule has 0 unspecified atom stereocenters. The zero-order chi connectivity index (χ0) is 17.8. The highest BCUT2D eigenvalue weighted by Gasteiger charge is 2.08. The average Bonchev–Trinajstić information content (AvgIpc) is 3.30. The van der Waals surface area contributed by atoms with E-state index in [1.165, 1.54) is 10.9 Å². The number of benzene rings is 2. The number of nitrogens with zero attached hydrogens (tertiary/aromatic N) is 3. The van der Waals surface area contributed by atoms with Crippen molar-refractivity contribution in [2.45, 2.75) is 13.0 Å². The summed E-state index contributed by atoms with van der Waals surface area (Å²) in [6.45, 7) is 1.09. The topological polar surface area (TPSA) is 75.6 Å². The fraction of sp³-hybridized carbons (Fsp3) is 0.150. The van der Waals surface area contributed by atoms with Crippen LogP contribution >= 0.6 is 0 Å². The molecule has 0 saturated carbocycles. The van der Waals surface area contributed by atoms with Crippen molar-refractivity contribution in [1.82, 2.24) is 25.3 Å². The molecule has 4 rings (SSSR count). The predicted octanol–water partition coefficient (Wildman–Crippen LogP) is 2.78. The molecule has 2 N–H and O–H groups in total. The molecule has 0 radical (unpaired) electrons. The Bertz CT molecular complexity index is 1020. The van der Waals surface area contributed by atoms with E-state index in [2.05, 4.69) is 32.7 Å². The summed E-state index contributed by atoms with van der Waals surface area (Å²) in [7, 11) is 0. The van der Waals surface area contributed by atoms with Gasteiger partial charge in [0.1, 0.15) is 0 Å². The van der Waals surface area contributed by atoms with Crippen molar-refractivity contribution in [3.63, 3.8) is 0 Å². The highest BCUT2D eigenvalue weighted by atomic mass is 16.1. The fourth-order valence-electron chi connectivity index (χ4n) is 2.98. The number of carbonyl (C=O) groups is 1. The molecule has 6 heteroatoms. The van der Waals surface area contributed by atoms with Crippen molar-refractivity contribution in [2.24, 2.45) is 0 Å². The lowest BCUT2D eigenvalue weighted by molar-refractivity contribution is 0.0952. The van der Waals surface area contributed by atoms with E-state index in [4.69, 9.17) is 0 Å². The zero-order valence-corrected chi connectivity index (χ0v) is 14.2. The van der Waals surface area contributed by atoms with Gasteiger partial charge in [0.25, 0.3) is 5.91 Å². The Kier molecular flexibility index (Phi) is 4.47. The number of aromatic amines is 1. The first kappa shape index (κ1) is 16.1. The van der Waals surface area contributed by atoms with E-state index in [0.717, 1.165) is 17.6 Å². The number of aromatic nitrogens is 4. The van der Waals surface area contributed by atoms with Crippen LogP contribution in [0.2, 0.25) is 0 Å². The van der Waals surface area contributed by atoms with E-state index in [1.807, 2.05) is 42.7 Å². The van der Waals surface area contributed by atoms with Crippen LogP contribution in [0.5, 0.6) is 0 Å². The van der Waals surface area contributed by atoms with Crippen LogP contribution in [-0.2, 0) is 13.0 Å². The van der Waals surface area contributed by atoms with Crippen molar-refractivity contribution >= 4 is 16.8 Å². The number of fused-ring (bicyclic) bond motifs is 1. The summed E-state index contributed by atoms with van der Waals surface area (Å²) in [6.07, 6.45) is 4.67. The molecule has 2 aromatic carbocycles. The Morgan fingerprint density at radius 3 is 2.77 bits per heavy atom. The number of nitrogens with one attached hydrogen (secondary N) is 2.